The fourth-order valence-electron chi connectivity index (χ4n) is 1.32. The first-order valence-electron chi connectivity index (χ1n) is 4.37. The van der Waals surface area contributed by atoms with Crippen LogP contribution < -0.4 is 5.73 Å². The summed E-state index contributed by atoms with van der Waals surface area (Å²) < 4.78 is 0. The van der Waals surface area contributed by atoms with E-state index in [-0.39, 0.29) is 11.5 Å². The molecule has 3 nitrogen and oxygen atoms in total. The molecule has 0 heterocycles. The molecule has 0 saturated heterocycles. The van der Waals surface area contributed by atoms with Gasteiger partial charge in [0.1, 0.15) is 0 Å². The number of nitrogens with two attached hydrogens (primary N) is 1. The van der Waals surface area contributed by atoms with Crippen LogP contribution >= 0.6 is 0 Å². The summed E-state index contributed by atoms with van der Waals surface area (Å²) in [4.78, 5) is 0. The summed E-state index contributed by atoms with van der Waals surface area (Å²) in [7, 11) is 0. The highest BCUT2D eigenvalue weighted by molar-refractivity contribution is 5.48. The van der Waals surface area contributed by atoms with Gasteiger partial charge < -0.3 is 15.9 Å². The Bertz CT molecular complexity index is 297. The number of phenols is 2. The van der Waals surface area contributed by atoms with Gasteiger partial charge in [-0.3, -0.25) is 0 Å². The average Bonchev–Trinajstić information content (AvgIpc) is 2.12. The lowest BCUT2D eigenvalue weighted by Crippen LogP contribution is -2.01. The molecule has 0 bridgehead atoms. The van der Waals surface area contributed by atoms with Gasteiger partial charge in [0.15, 0.2) is 11.5 Å². The monoisotopic (exact) mass is 181 g/mol. The van der Waals surface area contributed by atoms with Crippen molar-refractivity contribution >= 4 is 0 Å². The van der Waals surface area contributed by atoms with Crippen LogP contribution in [0, 0.1) is 6.92 Å². The largest absolute Gasteiger partial charge is 0.504 e. The predicted octanol–water partition coefficient (Wildman–Crippen LogP) is 1.30. The van der Waals surface area contributed by atoms with Crippen LogP contribution in [0.3, 0.4) is 0 Å². The van der Waals surface area contributed by atoms with Crippen LogP contribution in [-0.2, 0) is 6.42 Å². The molecule has 0 fully saturated rings. The van der Waals surface area contributed by atoms with Crippen LogP contribution in [0.4, 0.5) is 0 Å². The normalized spacial score (nSPS) is 10.3. The summed E-state index contributed by atoms with van der Waals surface area (Å²) in [5, 5.41) is 18.8. The second kappa shape index (κ2) is 4.14. The zero-order valence-corrected chi connectivity index (χ0v) is 7.75. The van der Waals surface area contributed by atoms with Crippen molar-refractivity contribution in [2.75, 3.05) is 6.54 Å². The SMILES string of the molecule is Cc1ccc(O)c(O)c1CCCN. The second-order valence-corrected chi connectivity index (χ2v) is 3.12. The van der Waals surface area contributed by atoms with Crippen LogP contribution in [0.5, 0.6) is 11.5 Å². The maximum atomic E-state index is 9.51. The van der Waals surface area contributed by atoms with E-state index in [4.69, 9.17) is 5.73 Å². The molecular weight excluding hydrogens is 166 g/mol. The minimum absolute atomic E-state index is 0.00606. The molecule has 1 aromatic carbocycles. The predicted molar refractivity (Wildman–Crippen MR) is 51.9 cm³/mol. The van der Waals surface area contributed by atoms with E-state index in [0.29, 0.717) is 13.0 Å². The van der Waals surface area contributed by atoms with Crippen molar-refractivity contribution < 1.29 is 10.2 Å². The van der Waals surface area contributed by atoms with Crippen LogP contribution in [0.25, 0.3) is 0 Å². The quantitative estimate of drug-likeness (QED) is 0.616. The Kier molecular flexibility index (Phi) is 3.14. The van der Waals surface area contributed by atoms with Gasteiger partial charge >= 0.3 is 0 Å². The van der Waals surface area contributed by atoms with Gasteiger partial charge in [-0.05, 0) is 37.9 Å². The van der Waals surface area contributed by atoms with Gasteiger partial charge in [-0.15, -0.1) is 0 Å². The smallest absolute Gasteiger partial charge is 0.160 e. The van der Waals surface area contributed by atoms with Crippen molar-refractivity contribution in [3.63, 3.8) is 0 Å². The number of aryl methyl sites for hydroxylation is 1. The Morgan fingerprint density at radius 2 is 2.00 bits per heavy atom. The van der Waals surface area contributed by atoms with Crippen LogP contribution in [0.15, 0.2) is 12.1 Å². The molecule has 1 rings (SSSR count). The molecule has 0 aliphatic rings. The second-order valence-electron chi connectivity index (χ2n) is 3.12. The summed E-state index contributed by atoms with van der Waals surface area (Å²) in [5.74, 6) is -0.0638. The summed E-state index contributed by atoms with van der Waals surface area (Å²) >= 11 is 0. The van der Waals surface area contributed by atoms with E-state index in [1.54, 1.807) is 6.07 Å². The van der Waals surface area contributed by atoms with E-state index in [1.165, 1.54) is 6.07 Å². The molecule has 3 heteroatoms. The van der Waals surface area contributed by atoms with Crippen molar-refractivity contribution in [1.29, 1.82) is 0 Å². The third kappa shape index (κ3) is 2.12. The summed E-state index contributed by atoms with van der Waals surface area (Å²) in [6, 6.07) is 3.29. The third-order valence-electron chi connectivity index (χ3n) is 2.13. The molecule has 4 N–H and O–H groups in total. The van der Waals surface area contributed by atoms with E-state index in [1.807, 2.05) is 6.92 Å². The highest BCUT2D eigenvalue weighted by Gasteiger charge is 2.08. The van der Waals surface area contributed by atoms with Gasteiger partial charge in [0, 0.05) is 5.56 Å². The molecule has 0 radical (unpaired) electrons. The van der Waals surface area contributed by atoms with E-state index in [9.17, 15) is 10.2 Å². The Hall–Kier alpha value is -1.22. The number of aromatic hydroxyl groups is 2. The van der Waals surface area contributed by atoms with E-state index < -0.39 is 0 Å². The third-order valence-corrected chi connectivity index (χ3v) is 2.13. The average molecular weight is 181 g/mol. The molecule has 0 aliphatic heterocycles. The first-order valence-corrected chi connectivity index (χ1v) is 4.37. The molecule has 13 heavy (non-hydrogen) atoms. The molecule has 1 aromatic rings. The fraction of sp³-hybridized carbons (Fsp3) is 0.400. The van der Waals surface area contributed by atoms with E-state index >= 15 is 0 Å². The lowest BCUT2D eigenvalue weighted by atomic mass is 10.0. The van der Waals surface area contributed by atoms with Crippen molar-refractivity contribution in [1.82, 2.24) is 0 Å². The standard InChI is InChI=1S/C10H15NO2/c1-7-4-5-9(12)10(13)8(7)3-2-6-11/h4-5,12-13H,2-3,6,11H2,1H3. The first-order chi connectivity index (χ1) is 6.16. The Labute approximate surface area is 77.8 Å². The maximum Gasteiger partial charge on any atom is 0.160 e. The summed E-state index contributed by atoms with van der Waals surface area (Å²) in [5.41, 5.74) is 7.16. The van der Waals surface area contributed by atoms with Gasteiger partial charge in [-0.25, -0.2) is 0 Å². The minimum Gasteiger partial charge on any atom is -0.504 e. The van der Waals surface area contributed by atoms with Gasteiger partial charge in [-0.1, -0.05) is 6.07 Å². The van der Waals surface area contributed by atoms with Crippen molar-refractivity contribution in [2.24, 2.45) is 5.73 Å². The lowest BCUT2D eigenvalue weighted by Gasteiger charge is -2.08. The molecule has 0 spiro atoms. The topological polar surface area (TPSA) is 66.5 Å². The number of benzene rings is 1. The first kappa shape index (κ1) is 9.86. The zero-order chi connectivity index (χ0) is 9.84. The van der Waals surface area contributed by atoms with E-state index in [0.717, 1.165) is 17.5 Å². The van der Waals surface area contributed by atoms with Crippen LogP contribution in [0.1, 0.15) is 17.5 Å². The number of hydrogen-bond acceptors (Lipinski definition) is 3. The number of hydrogen-bond donors (Lipinski definition) is 3. The van der Waals surface area contributed by atoms with Crippen molar-refractivity contribution in [3.8, 4) is 11.5 Å². The Morgan fingerprint density at radius 3 is 2.62 bits per heavy atom. The molecular formula is C10H15NO2. The molecule has 0 amide bonds. The summed E-state index contributed by atoms with van der Waals surface area (Å²) in [6.07, 6.45) is 1.53. The van der Waals surface area contributed by atoms with Crippen LogP contribution in [-0.4, -0.2) is 16.8 Å². The van der Waals surface area contributed by atoms with Gasteiger partial charge in [0.2, 0.25) is 0 Å². The highest BCUT2D eigenvalue weighted by atomic mass is 16.3. The summed E-state index contributed by atoms with van der Waals surface area (Å²) in [6.45, 7) is 2.50. The Balaban J connectivity index is 2.96. The molecule has 0 aliphatic carbocycles. The van der Waals surface area contributed by atoms with Crippen molar-refractivity contribution in [3.05, 3.63) is 23.3 Å². The van der Waals surface area contributed by atoms with Crippen molar-refractivity contribution in [2.45, 2.75) is 19.8 Å². The maximum absolute atomic E-state index is 9.51. The van der Waals surface area contributed by atoms with Gasteiger partial charge in [0.05, 0.1) is 0 Å². The fourth-order valence-corrected chi connectivity index (χ4v) is 1.32. The molecule has 0 unspecified atom stereocenters. The number of rotatable bonds is 3. The minimum atomic E-state index is -0.0578. The van der Waals surface area contributed by atoms with E-state index in [2.05, 4.69) is 0 Å². The van der Waals surface area contributed by atoms with Gasteiger partial charge in [0.25, 0.3) is 0 Å². The van der Waals surface area contributed by atoms with Gasteiger partial charge in [-0.2, -0.15) is 0 Å². The Morgan fingerprint density at radius 1 is 1.31 bits per heavy atom. The highest BCUT2D eigenvalue weighted by Crippen LogP contribution is 2.31. The lowest BCUT2D eigenvalue weighted by molar-refractivity contribution is 0.398. The van der Waals surface area contributed by atoms with Crippen LogP contribution in [0.2, 0.25) is 0 Å². The molecule has 72 valence electrons. The molecule has 0 atom stereocenters. The molecule has 0 aromatic heterocycles. The molecule has 0 saturated carbocycles. The zero-order valence-electron chi connectivity index (χ0n) is 7.75. The number of phenolic OH excluding ortho intramolecular Hbond substituents is 2.